The van der Waals surface area contributed by atoms with E-state index >= 15 is 0 Å². The molecule has 1 aliphatic rings. The largest absolute Gasteiger partial charge is 0.508 e. The summed E-state index contributed by atoms with van der Waals surface area (Å²) in [5, 5.41) is 9.31. The summed E-state index contributed by atoms with van der Waals surface area (Å²) in [5.74, 6) is 0.952. The van der Waals surface area contributed by atoms with Gasteiger partial charge >= 0.3 is 0 Å². The predicted octanol–water partition coefficient (Wildman–Crippen LogP) is 3.96. The topological polar surface area (TPSA) is 23.5 Å². The van der Waals surface area contributed by atoms with Gasteiger partial charge in [0.15, 0.2) is 0 Å². The molecule has 2 nitrogen and oxygen atoms in total. The van der Waals surface area contributed by atoms with E-state index in [4.69, 9.17) is 0 Å². The molecule has 1 aliphatic heterocycles. The highest BCUT2D eigenvalue weighted by Crippen LogP contribution is 2.34. The van der Waals surface area contributed by atoms with E-state index in [2.05, 4.69) is 32.6 Å². The molecule has 0 amide bonds. The van der Waals surface area contributed by atoms with Crippen LogP contribution in [0.4, 0.5) is 4.39 Å². The van der Waals surface area contributed by atoms with Gasteiger partial charge < -0.3 is 5.11 Å². The molecular weight excluding hydrogens is 241 g/mol. The maximum absolute atomic E-state index is 14.0. The first-order valence-corrected chi connectivity index (χ1v) is 7.14. The second-order valence-electron chi connectivity index (χ2n) is 6.14. The number of rotatable bonds is 2. The van der Waals surface area contributed by atoms with Crippen LogP contribution in [0.1, 0.15) is 45.7 Å². The molecule has 1 aromatic rings. The van der Waals surface area contributed by atoms with Crippen LogP contribution in [0.3, 0.4) is 0 Å². The molecule has 0 radical (unpaired) electrons. The van der Waals surface area contributed by atoms with Gasteiger partial charge in [0.05, 0.1) is 0 Å². The third-order valence-corrected chi connectivity index (χ3v) is 4.57. The lowest BCUT2D eigenvalue weighted by Gasteiger charge is -2.44. The fourth-order valence-electron chi connectivity index (χ4n) is 3.30. The summed E-state index contributed by atoms with van der Waals surface area (Å²) in [6, 6.07) is 4.97. The van der Waals surface area contributed by atoms with Crippen LogP contribution in [0.2, 0.25) is 0 Å². The minimum Gasteiger partial charge on any atom is -0.508 e. The van der Waals surface area contributed by atoms with Crippen LogP contribution in [-0.2, 0) is 0 Å². The Labute approximate surface area is 115 Å². The van der Waals surface area contributed by atoms with Crippen LogP contribution in [0, 0.1) is 17.7 Å². The van der Waals surface area contributed by atoms with Crippen molar-refractivity contribution in [3.05, 3.63) is 29.6 Å². The van der Waals surface area contributed by atoms with Crippen molar-refractivity contribution in [3.63, 3.8) is 0 Å². The maximum atomic E-state index is 14.0. The molecule has 1 saturated heterocycles. The van der Waals surface area contributed by atoms with Gasteiger partial charge in [0.1, 0.15) is 11.6 Å². The highest BCUT2D eigenvalue weighted by Gasteiger charge is 2.32. The van der Waals surface area contributed by atoms with Crippen molar-refractivity contribution in [1.29, 1.82) is 0 Å². The third-order valence-electron chi connectivity index (χ3n) is 4.57. The summed E-state index contributed by atoms with van der Waals surface area (Å²) in [6.45, 7) is 9.82. The number of hydrogen-bond donors (Lipinski definition) is 1. The van der Waals surface area contributed by atoms with Crippen molar-refractivity contribution >= 4 is 0 Å². The molecule has 1 N–H and O–H groups in total. The van der Waals surface area contributed by atoms with Gasteiger partial charge in [-0.05, 0) is 38.2 Å². The number of likely N-dealkylation sites (tertiary alicyclic amines) is 1. The zero-order chi connectivity index (χ0) is 14.2. The summed E-state index contributed by atoms with van der Waals surface area (Å²) in [6.07, 6.45) is 1.24. The molecule has 1 fully saturated rings. The molecule has 0 spiro atoms. The SMILES string of the molecule is CC1CC(C)C(C)N(C(C)c2ccc(O)cc2F)C1. The van der Waals surface area contributed by atoms with E-state index in [1.165, 1.54) is 12.5 Å². The van der Waals surface area contributed by atoms with E-state index in [1.807, 2.05) is 0 Å². The Bertz CT molecular complexity index is 448. The lowest BCUT2D eigenvalue weighted by atomic mass is 9.84. The molecule has 0 aliphatic carbocycles. The standard InChI is InChI=1S/C16H24FNO/c1-10-7-11(2)12(3)18(9-10)13(4)15-6-5-14(19)8-16(15)17/h5-6,8,10-13,19H,7,9H2,1-4H3. The van der Waals surface area contributed by atoms with E-state index in [1.54, 1.807) is 12.1 Å². The highest BCUT2D eigenvalue weighted by molar-refractivity contribution is 5.29. The Balaban J connectivity index is 2.24. The van der Waals surface area contributed by atoms with Crippen LogP contribution >= 0.6 is 0 Å². The van der Waals surface area contributed by atoms with Gasteiger partial charge in [-0.15, -0.1) is 0 Å². The molecule has 2 rings (SSSR count). The van der Waals surface area contributed by atoms with Gasteiger partial charge in [-0.2, -0.15) is 0 Å². The number of hydrogen-bond acceptors (Lipinski definition) is 2. The zero-order valence-corrected chi connectivity index (χ0v) is 12.2. The molecule has 0 saturated carbocycles. The number of aromatic hydroxyl groups is 1. The Morgan fingerprint density at radius 1 is 1.32 bits per heavy atom. The summed E-state index contributed by atoms with van der Waals surface area (Å²) in [7, 11) is 0. The number of nitrogens with zero attached hydrogens (tertiary/aromatic N) is 1. The van der Waals surface area contributed by atoms with Crippen molar-refractivity contribution in [2.45, 2.75) is 46.2 Å². The first kappa shape index (κ1) is 14.3. The van der Waals surface area contributed by atoms with E-state index in [-0.39, 0.29) is 17.6 Å². The fourth-order valence-corrected chi connectivity index (χ4v) is 3.30. The van der Waals surface area contributed by atoms with Crippen molar-refractivity contribution in [2.24, 2.45) is 11.8 Å². The number of piperidine rings is 1. The number of phenols is 1. The summed E-state index contributed by atoms with van der Waals surface area (Å²) in [5.41, 5.74) is 0.672. The van der Waals surface area contributed by atoms with Gasteiger partial charge in [0, 0.05) is 30.3 Å². The number of phenolic OH excluding ortho intramolecular Hbond substituents is 1. The number of benzene rings is 1. The Hall–Kier alpha value is -1.09. The van der Waals surface area contributed by atoms with Gasteiger partial charge in [0.2, 0.25) is 0 Å². The quantitative estimate of drug-likeness (QED) is 0.875. The fraction of sp³-hybridized carbons (Fsp3) is 0.625. The molecule has 1 heterocycles. The summed E-state index contributed by atoms with van der Waals surface area (Å²) in [4.78, 5) is 2.38. The van der Waals surface area contributed by atoms with Crippen LogP contribution < -0.4 is 0 Å². The minimum absolute atomic E-state index is 0.0121. The first-order chi connectivity index (χ1) is 8.90. The molecule has 0 aromatic heterocycles. The average molecular weight is 265 g/mol. The highest BCUT2D eigenvalue weighted by atomic mass is 19.1. The lowest BCUT2D eigenvalue weighted by Crippen LogP contribution is -2.46. The first-order valence-electron chi connectivity index (χ1n) is 7.14. The molecule has 1 aromatic carbocycles. The van der Waals surface area contributed by atoms with E-state index in [0.29, 0.717) is 23.4 Å². The van der Waals surface area contributed by atoms with Crippen LogP contribution in [0.5, 0.6) is 5.75 Å². The summed E-state index contributed by atoms with van der Waals surface area (Å²) >= 11 is 0. The van der Waals surface area contributed by atoms with Gasteiger partial charge in [-0.3, -0.25) is 4.90 Å². The van der Waals surface area contributed by atoms with E-state index < -0.39 is 0 Å². The molecule has 0 bridgehead atoms. The average Bonchev–Trinajstić information content (AvgIpc) is 2.33. The number of halogens is 1. The lowest BCUT2D eigenvalue weighted by molar-refractivity contribution is 0.0448. The van der Waals surface area contributed by atoms with Crippen molar-refractivity contribution in [3.8, 4) is 5.75 Å². The smallest absolute Gasteiger partial charge is 0.131 e. The normalized spacial score (nSPS) is 30.3. The minimum atomic E-state index is -0.314. The monoisotopic (exact) mass is 265 g/mol. The zero-order valence-electron chi connectivity index (χ0n) is 12.2. The van der Waals surface area contributed by atoms with E-state index in [9.17, 15) is 9.50 Å². The molecular formula is C16H24FNO. The maximum Gasteiger partial charge on any atom is 0.131 e. The van der Waals surface area contributed by atoms with Crippen LogP contribution in [-0.4, -0.2) is 22.6 Å². The van der Waals surface area contributed by atoms with Crippen molar-refractivity contribution < 1.29 is 9.50 Å². The van der Waals surface area contributed by atoms with E-state index in [0.717, 1.165) is 6.54 Å². The van der Waals surface area contributed by atoms with Gasteiger partial charge in [0.25, 0.3) is 0 Å². The van der Waals surface area contributed by atoms with Gasteiger partial charge in [-0.1, -0.05) is 19.9 Å². The summed E-state index contributed by atoms with van der Waals surface area (Å²) < 4.78 is 14.0. The van der Waals surface area contributed by atoms with Crippen LogP contribution in [0.15, 0.2) is 18.2 Å². The Kier molecular flexibility index (Phi) is 4.14. The van der Waals surface area contributed by atoms with Crippen molar-refractivity contribution in [2.75, 3.05) is 6.54 Å². The Morgan fingerprint density at radius 2 is 2.00 bits per heavy atom. The van der Waals surface area contributed by atoms with Crippen molar-refractivity contribution in [1.82, 2.24) is 4.90 Å². The Morgan fingerprint density at radius 3 is 2.63 bits per heavy atom. The van der Waals surface area contributed by atoms with Gasteiger partial charge in [-0.25, -0.2) is 4.39 Å². The molecule has 3 heteroatoms. The second-order valence-corrected chi connectivity index (χ2v) is 6.14. The molecule has 19 heavy (non-hydrogen) atoms. The molecule has 106 valence electrons. The molecule has 4 atom stereocenters. The molecule has 4 unspecified atom stereocenters. The van der Waals surface area contributed by atoms with Crippen LogP contribution in [0.25, 0.3) is 0 Å². The predicted molar refractivity (Wildman–Crippen MR) is 75.6 cm³/mol. The second kappa shape index (κ2) is 5.49. The third kappa shape index (κ3) is 2.92.